The molecule has 0 aliphatic heterocycles. The van der Waals surface area contributed by atoms with Gasteiger partial charge in [-0.1, -0.05) is 70.5 Å². The number of aryl methyl sites for hydroxylation is 2. The maximum atomic E-state index is 14.0. The maximum absolute atomic E-state index is 14.0. The van der Waals surface area contributed by atoms with Crippen molar-refractivity contribution in [3.63, 3.8) is 0 Å². The van der Waals surface area contributed by atoms with Crippen molar-refractivity contribution in [2.24, 2.45) is 0 Å². The Labute approximate surface area is 315 Å². The first-order valence-corrected chi connectivity index (χ1v) is 19.1. The van der Waals surface area contributed by atoms with Crippen molar-refractivity contribution in [1.82, 2.24) is 19.2 Å². The van der Waals surface area contributed by atoms with Gasteiger partial charge in [-0.05, 0) is 70.9 Å². The molecule has 5 rings (SSSR count). The van der Waals surface area contributed by atoms with Crippen LogP contribution in [-0.4, -0.2) is 77.4 Å². The lowest BCUT2D eigenvalue weighted by atomic mass is 9.98. The van der Waals surface area contributed by atoms with E-state index in [1.807, 2.05) is 62.7 Å². The van der Waals surface area contributed by atoms with E-state index in [0.29, 0.717) is 63.1 Å². The molecule has 0 spiro atoms. The minimum absolute atomic E-state index is 0.247. The number of methoxy groups -OCH3 is 1. The van der Waals surface area contributed by atoms with Gasteiger partial charge in [0.05, 0.1) is 37.6 Å². The molecule has 0 saturated heterocycles. The fourth-order valence-corrected chi connectivity index (χ4v) is 7.08. The Hall–Kier alpha value is -4.35. The Morgan fingerprint density at radius 2 is 1.67 bits per heavy atom. The van der Waals surface area contributed by atoms with Crippen LogP contribution < -0.4 is 4.74 Å². The van der Waals surface area contributed by atoms with E-state index in [9.17, 15) is 9.59 Å². The van der Waals surface area contributed by atoms with Gasteiger partial charge in [0.15, 0.2) is 0 Å². The molecule has 0 radical (unpaired) electrons. The normalized spacial score (nSPS) is 11.7. The van der Waals surface area contributed by atoms with Crippen LogP contribution in [0.15, 0.2) is 60.7 Å². The number of carbonyl (C=O) groups is 2. The Morgan fingerprint density at radius 3 is 2.40 bits per heavy atom. The quantitative estimate of drug-likeness (QED) is 0.0561. The first-order chi connectivity index (χ1) is 25.0. The number of aromatic nitrogens is 3. The summed E-state index contributed by atoms with van der Waals surface area (Å²) >= 11 is 3.68. The number of para-hydroxylation sites is 1. The van der Waals surface area contributed by atoms with Crippen LogP contribution in [0.25, 0.3) is 32.8 Å². The third-order valence-electron chi connectivity index (χ3n) is 9.00. The Balaban J connectivity index is 1.57. The molecule has 10 nitrogen and oxygen atoms in total. The van der Waals surface area contributed by atoms with Crippen molar-refractivity contribution >= 4 is 49.7 Å². The lowest BCUT2D eigenvalue weighted by Crippen LogP contribution is -2.35. The number of carbonyl (C=O) groups excluding carboxylic acids is 2. The molecular weight excluding hydrogens is 724 g/mol. The summed E-state index contributed by atoms with van der Waals surface area (Å²) in [5.74, 6) is 0.467. The zero-order chi connectivity index (χ0) is 37.4. The molecule has 52 heavy (non-hydrogen) atoms. The molecule has 2 heterocycles. The van der Waals surface area contributed by atoms with E-state index in [2.05, 4.69) is 57.8 Å². The Morgan fingerprint density at radius 1 is 0.942 bits per heavy atom. The number of rotatable bonds is 16. The summed E-state index contributed by atoms with van der Waals surface area (Å²) < 4.78 is 27.1. The minimum atomic E-state index is -0.598. The summed E-state index contributed by atoms with van der Waals surface area (Å²) in [6.45, 7) is 12.2. The number of ether oxygens (including phenoxy) is 4. The summed E-state index contributed by atoms with van der Waals surface area (Å²) in [7, 11) is 3.42. The largest absolute Gasteiger partial charge is 0.493 e. The van der Waals surface area contributed by atoms with Crippen LogP contribution in [0.1, 0.15) is 68.0 Å². The molecule has 278 valence electrons. The van der Waals surface area contributed by atoms with Gasteiger partial charge in [0.25, 0.3) is 0 Å². The number of amides is 1. The highest BCUT2D eigenvalue weighted by atomic mass is 79.9. The van der Waals surface area contributed by atoms with Gasteiger partial charge in [-0.25, -0.2) is 9.59 Å². The van der Waals surface area contributed by atoms with Gasteiger partial charge in [0.2, 0.25) is 0 Å². The van der Waals surface area contributed by atoms with Crippen molar-refractivity contribution in [2.45, 2.75) is 77.9 Å². The lowest BCUT2D eigenvalue weighted by molar-refractivity contribution is 0.0294. The summed E-state index contributed by atoms with van der Waals surface area (Å²) in [5, 5.41) is 8.67. The molecule has 11 heteroatoms. The van der Waals surface area contributed by atoms with Crippen LogP contribution in [0, 0.1) is 6.92 Å². The number of esters is 1. The lowest BCUT2D eigenvalue weighted by Gasteiger charge is -2.24. The van der Waals surface area contributed by atoms with Crippen LogP contribution in [0.5, 0.6) is 5.75 Å². The topological polar surface area (TPSA) is 97.0 Å². The van der Waals surface area contributed by atoms with Crippen LogP contribution >= 0.6 is 15.9 Å². The summed E-state index contributed by atoms with van der Waals surface area (Å²) in [5.41, 5.74) is 5.70. The van der Waals surface area contributed by atoms with Crippen LogP contribution in [0.2, 0.25) is 0 Å². The molecule has 0 atom stereocenters. The zero-order valence-electron chi connectivity index (χ0n) is 31.5. The molecule has 0 aliphatic carbocycles. The highest BCUT2D eigenvalue weighted by molar-refractivity contribution is 9.08. The maximum Gasteiger partial charge on any atom is 0.410 e. The highest BCUT2D eigenvalue weighted by Crippen LogP contribution is 2.39. The van der Waals surface area contributed by atoms with Gasteiger partial charge in [0, 0.05) is 60.2 Å². The summed E-state index contributed by atoms with van der Waals surface area (Å²) in [6.07, 6.45) is 1.48. The molecular formula is C41H51BrN4O6. The zero-order valence-corrected chi connectivity index (χ0v) is 33.0. The first kappa shape index (κ1) is 38.9. The minimum Gasteiger partial charge on any atom is -0.493 e. The number of hydrogen-bond donors (Lipinski definition) is 0. The van der Waals surface area contributed by atoms with Crippen molar-refractivity contribution in [3.8, 4) is 16.9 Å². The van der Waals surface area contributed by atoms with Gasteiger partial charge < -0.3 is 28.4 Å². The van der Waals surface area contributed by atoms with Crippen molar-refractivity contribution in [1.29, 1.82) is 0 Å². The molecule has 0 saturated carbocycles. The van der Waals surface area contributed by atoms with E-state index in [-0.39, 0.29) is 18.7 Å². The van der Waals surface area contributed by atoms with E-state index >= 15 is 0 Å². The van der Waals surface area contributed by atoms with Crippen molar-refractivity contribution in [3.05, 3.63) is 83.3 Å². The fourth-order valence-electron chi connectivity index (χ4n) is 6.69. The van der Waals surface area contributed by atoms with Crippen LogP contribution in [-0.2, 0) is 39.1 Å². The number of nitrogens with zero attached hydrogens (tertiary/aromatic N) is 4. The third-order valence-corrected chi connectivity index (χ3v) is 9.53. The van der Waals surface area contributed by atoms with Crippen molar-refractivity contribution in [2.75, 3.05) is 40.5 Å². The Kier molecular flexibility index (Phi) is 13.0. The molecule has 2 aromatic heterocycles. The molecule has 5 aromatic rings. The third kappa shape index (κ3) is 8.81. The molecule has 0 bridgehead atoms. The number of hydrogen-bond acceptors (Lipinski definition) is 7. The number of fused-ring (bicyclic) bond motifs is 2. The monoisotopic (exact) mass is 774 g/mol. The second-order valence-electron chi connectivity index (χ2n) is 13.8. The van der Waals surface area contributed by atoms with E-state index in [0.717, 1.165) is 55.5 Å². The van der Waals surface area contributed by atoms with Crippen LogP contribution in [0.4, 0.5) is 4.79 Å². The molecule has 1 amide bonds. The Bertz CT molecular complexity index is 2000. The first-order valence-electron chi connectivity index (χ1n) is 18.0. The van der Waals surface area contributed by atoms with Gasteiger partial charge >= 0.3 is 12.1 Å². The molecule has 0 fully saturated rings. The van der Waals surface area contributed by atoms with Gasteiger partial charge in [-0.3, -0.25) is 4.68 Å². The van der Waals surface area contributed by atoms with Crippen LogP contribution in [0.3, 0.4) is 0 Å². The molecule has 3 aromatic carbocycles. The average Bonchev–Trinajstić information content (AvgIpc) is 3.61. The predicted octanol–water partition coefficient (Wildman–Crippen LogP) is 8.95. The number of benzene rings is 3. The number of alkyl halides is 1. The van der Waals surface area contributed by atoms with Gasteiger partial charge in [0.1, 0.15) is 17.0 Å². The summed E-state index contributed by atoms with van der Waals surface area (Å²) in [6, 6.07) is 20.5. The smallest absolute Gasteiger partial charge is 0.410 e. The van der Waals surface area contributed by atoms with E-state index in [1.165, 1.54) is 0 Å². The van der Waals surface area contributed by atoms with E-state index in [4.69, 9.17) is 24.0 Å². The fraction of sp³-hybridized carbons (Fsp3) is 0.439. The molecule has 0 unspecified atom stereocenters. The van der Waals surface area contributed by atoms with Gasteiger partial charge in [-0.2, -0.15) is 5.10 Å². The average molecular weight is 776 g/mol. The SMILES string of the molecule is CCOC(=O)c1c(CCCOc2cccc3ccccc23)c2cccc(-c3c(CBr)nn(CCOC)c3C)c2n1CCCN(C)C(=O)OC(C)(C)C. The molecule has 0 aliphatic rings. The molecule has 0 N–H and O–H groups in total. The van der Waals surface area contributed by atoms with Crippen molar-refractivity contribution < 1.29 is 28.5 Å². The van der Waals surface area contributed by atoms with Gasteiger partial charge in [-0.15, -0.1) is 0 Å². The predicted molar refractivity (Wildman–Crippen MR) is 210 cm³/mol. The number of halogens is 1. The highest BCUT2D eigenvalue weighted by Gasteiger charge is 2.28. The second-order valence-corrected chi connectivity index (χ2v) is 14.4. The second kappa shape index (κ2) is 17.4. The van der Waals surface area contributed by atoms with E-state index in [1.54, 1.807) is 19.1 Å². The van der Waals surface area contributed by atoms with E-state index < -0.39 is 5.60 Å². The summed E-state index contributed by atoms with van der Waals surface area (Å²) in [4.78, 5) is 28.4. The standard InChI is InChI=1S/C41H51BrN4O6/c1-8-50-39(47)38-32(20-13-25-51-35-21-11-16-29-15-9-10-17-30(29)35)31-18-12-19-33(36-28(2)46(24-26-49-7)43-34(36)27-42)37(31)45(38)23-14-22-44(6)40(48)52-41(3,4)5/h9-12,15-19,21H,8,13-14,20,22-27H2,1-7H3.